The molecule has 0 amide bonds. The third kappa shape index (κ3) is 4.78. The number of thioether (sulfide) groups is 1. The average Bonchev–Trinajstić information content (AvgIpc) is 2.25. The van der Waals surface area contributed by atoms with Crippen LogP contribution >= 0.6 is 11.8 Å². The van der Waals surface area contributed by atoms with Gasteiger partial charge in [-0.2, -0.15) is 11.8 Å². The Labute approximate surface area is 100.0 Å². The largest absolute Gasteiger partial charge is 0.297 e. The Hall–Kier alpha value is 0.310. The van der Waals surface area contributed by atoms with E-state index in [4.69, 9.17) is 0 Å². The van der Waals surface area contributed by atoms with E-state index in [1.807, 2.05) is 0 Å². The molecule has 1 saturated heterocycles. The topological polar surface area (TPSA) is 3.24 Å². The lowest BCUT2D eigenvalue weighted by molar-refractivity contribution is 0.0850. The van der Waals surface area contributed by atoms with Gasteiger partial charge in [0.15, 0.2) is 0 Å². The van der Waals surface area contributed by atoms with Gasteiger partial charge in [0.1, 0.15) is 0 Å². The van der Waals surface area contributed by atoms with Crippen LogP contribution in [0.4, 0.5) is 0 Å². The summed E-state index contributed by atoms with van der Waals surface area (Å²) in [5, 5.41) is 0. The Balaban J connectivity index is 2.57. The van der Waals surface area contributed by atoms with E-state index < -0.39 is 0 Å². The van der Waals surface area contributed by atoms with E-state index in [2.05, 4.69) is 51.3 Å². The second kappa shape index (κ2) is 5.09. The maximum Gasteiger partial charge on any atom is 0.0158 e. The van der Waals surface area contributed by atoms with E-state index in [0.29, 0.717) is 11.0 Å². The molecule has 0 atom stereocenters. The van der Waals surface area contributed by atoms with Crippen molar-refractivity contribution in [3.05, 3.63) is 0 Å². The molecule has 1 nitrogen and oxygen atoms in total. The molecule has 0 radical (unpaired) electrons. The first-order valence-electron chi connectivity index (χ1n) is 6.14. The van der Waals surface area contributed by atoms with Gasteiger partial charge < -0.3 is 0 Å². The SMILES string of the molecule is CC(C)(C)CC(C)(C)N1CCCSCC1. The van der Waals surface area contributed by atoms with Crippen molar-refractivity contribution in [3.63, 3.8) is 0 Å². The lowest BCUT2D eigenvalue weighted by atomic mass is 9.80. The first-order chi connectivity index (χ1) is 6.81. The van der Waals surface area contributed by atoms with Crippen LogP contribution in [0.15, 0.2) is 0 Å². The van der Waals surface area contributed by atoms with Crippen LogP contribution in [0.3, 0.4) is 0 Å². The third-order valence-corrected chi connectivity index (χ3v) is 4.09. The highest BCUT2D eigenvalue weighted by Crippen LogP contribution is 2.32. The summed E-state index contributed by atoms with van der Waals surface area (Å²) in [5.41, 5.74) is 0.798. The zero-order valence-corrected chi connectivity index (χ0v) is 11.9. The van der Waals surface area contributed by atoms with Crippen molar-refractivity contribution < 1.29 is 0 Å². The molecule has 0 N–H and O–H groups in total. The summed E-state index contributed by atoms with van der Waals surface area (Å²) in [7, 11) is 0. The maximum absolute atomic E-state index is 2.69. The van der Waals surface area contributed by atoms with Gasteiger partial charge in [-0.05, 0) is 44.4 Å². The molecule has 0 saturated carbocycles. The van der Waals surface area contributed by atoms with E-state index in [1.165, 1.54) is 37.4 Å². The van der Waals surface area contributed by atoms with E-state index in [9.17, 15) is 0 Å². The fourth-order valence-electron chi connectivity index (χ4n) is 2.76. The summed E-state index contributed by atoms with van der Waals surface area (Å²) in [6.45, 7) is 14.4. The Morgan fingerprint density at radius 1 is 1.00 bits per heavy atom. The summed E-state index contributed by atoms with van der Waals surface area (Å²) >= 11 is 2.11. The van der Waals surface area contributed by atoms with Crippen molar-refractivity contribution in [2.75, 3.05) is 24.6 Å². The maximum atomic E-state index is 2.69. The summed E-state index contributed by atoms with van der Waals surface area (Å²) < 4.78 is 0. The zero-order valence-electron chi connectivity index (χ0n) is 11.1. The summed E-state index contributed by atoms with van der Waals surface area (Å²) in [6.07, 6.45) is 2.64. The average molecular weight is 229 g/mol. The molecule has 1 aliphatic heterocycles. The van der Waals surface area contributed by atoms with Crippen LogP contribution in [0, 0.1) is 5.41 Å². The summed E-state index contributed by atoms with van der Waals surface area (Å²) in [4.78, 5) is 2.69. The fraction of sp³-hybridized carbons (Fsp3) is 1.00. The van der Waals surface area contributed by atoms with Gasteiger partial charge in [-0.15, -0.1) is 0 Å². The van der Waals surface area contributed by atoms with Gasteiger partial charge in [-0.1, -0.05) is 20.8 Å². The molecular weight excluding hydrogens is 202 g/mol. The molecule has 1 aliphatic rings. The molecule has 90 valence electrons. The lowest BCUT2D eigenvalue weighted by Gasteiger charge is -2.42. The summed E-state index contributed by atoms with van der Waals surface area (Å²) in [5.74, 6) is 2.66. The fourth-order valence-corrected chi connectivity index (χ4v) is 3.65. The Morgan fingerprint density at radius 3 is 2.27 bits per heavy atom. The molecule has 0 bridgehead atoms. The predicted octanol–water partition coefficient (Wildman–Crippen LogP) is 3.64. The molecule has 0 aromatic carbocycles. The molecule has 0 aromatic rings. The second-order valence-corrected chi connectivity index (χ2v) is 7.73. The third-order valence-electron chi connectivity index (χ3n) is 3.04. The normalized spacial score (nSPS) is 21.4. The first kappa shape index (κ1) is 13.4. The van der Waals surface area contributed by atoms with Crippen molar-refractivity contribution >= 4 is 11.8 Å². The number of hydrogen-bond acceptors (Lipinski definition) is 2. The molecule has 0 aliphatic carbocycles. The second-order valence-electron chi connectivity index (χ2n) is 6.50. The predicted molar refractivity (Wildman–Crippen MR) is 71.7 cm³/mol. The molecule has 0 spiro atoms. The molecular formula is C13H27NS. The molecule has 0 unspecified atom stereocenters. The van der Waals surface area contributed by atoms with Crippen LogP contribution in [0.5, 0.6) is 0 Å². The minimum atomic E-state index is 0.364. The lowest BCUT2D eigenvalue weighted by Crippen LogP contribution is -2.47. The summed E-state index contributed by atoms with van der Waals surface area (Å²) in [6, 6.07) is 0. The molecule has 15 heavy (non-hydrogen) atoms. The van der Waals surface area contributed by atoms with Crippen molar-refractivity contribution in [2.24, 2.45) is 5.41 Å². The van der Waals surface area contributed by atoms with Crippen molar-refractivity contribution in [2.45, 2.75) is 53.0 Å². The minimum absolute atomic E-state index is 0.364. The van der Waals surface area contributed by atoms with Gasteiger partial charge in [0, 0.05) is 17.8 Å². The minimum Gasteiger partial charge on any atom is -0.297 e. The first-order valence-corrected chi connectivity index (χ1v) is 7.30. The zero-order chi connectivity index (χ0) is 11.5. The van der Waals surface area contributed by atoms with Gasteiger partial charge in [-0.3, -0.25) is 4.90 Å². The molecule has 1 heterocycles. The number of nitrogens with zero attached hydrogens (tertiary/aromatic N) is 1. The molecule has 0 aromatic heterocycles. The van der Waals surface area contributed by atoms with Gasteiger partial charge in [0.25, 0.3) is 0 Å². The van der Waals surface area contributed by atoms with Crippen LogP contribution in [0.1, 0.15) is 47.5 Å². The monoisotopic (exact) mass is 229 g/mol. The van der Waals surface area contributed by atoms with Crippen LogP contribution in [-0.4, -0.2) is 35.0 Å². The van der Waals surface area contributed by atoms with Crippen molar-refractivity contribution in [1.29, 1.82) is 0 Å². The molecule has 1 fully saturated rings. The molecule has 2 heteroatoms. The van der Waals surface area contributed by atoms with E-state index in [1.54, 1.807) is 0 Å². The van der Waals surface area contributed by atoms with Crippen LogP contribution in [-0.2, 0) is 0 Å². The van der Waals surface area contributed by atoms with Crippen LogP contribution < -0.4 is 0 Å². The van der Waals surface area contributed by atoms with Gasteiger partial charge >= 0.3 is 0 Å². The Kier molecular flexibility index (Phi) is 4.54. The number of rotatable bonds is 2. The van der Waals surface area contributed by atoms with E-state index >= 15 is 0 Å². The van der Waals surface area contributed by atoms with Gasteiger partial charge in [-0.25, -0.2) is 0 Å². The Bertz CT molecular complexity index is 185. The smallest absolute Gasteiger partial charge is 0.0158 e. The highest BCUT2D eigenvalue weighted by Gasteiger charge is 2.31. The van der Waals surface area contributed by atoms with Crippen LogP contribution in [0.2, 0.25) is 0 Å². The van der Waals surface area contributed by atoms with Gasteiger partial charge in [0.2, 0.25) is 0 Å². The quantitative estimate of drug-likeness (QED) is 0.711. The highest BCUT2D eigenvalue weighted by molar-refractivity contribution is 7.99. The highest BCUT2D eigenvalue weighted by atomic mass is 32.2. The van der Waals surface area contributed by atoms with E-state index in [0.717, 1.165) is 0 Å². The van der Waals surface area contributed by atoms with Gasteiger partial charge in [0.05, 0.1) is 0 Å². The molecule has 1 rings (SSSR count). The van der Waals surface area contributed by atoms with Crippen LogP contribution in [0.25, 0.3) is 0 Å². The van der Waals surface area contributed by atoms with E-state index in [-0.39, 0.29) is 0 Å². The van der Waals surface area contributed by atoms with Crippen molar-refractivity contribution in [3.8, 4) is 0 Å². The van der Waals surface area contributed by atoms with Crippen molar-refractivity contribution in [1.82, 2.24) is 4.90 Å². The standard InChI is InChI=1S/C13H27NS/c1-12(2,3)11-13(4,5)14-7-6-9-15-10-8-14/h6-11H2,1-5H3. The number of hydrogen-bond donors (Lipinski definition) is 0. The Morgan fingerprint density at radius 2 is 1.67 bits per heavy atom.